The van der Waals surface area contributed by atoms with E-state index in [0.29, 0.717) is 30.1 Å². The predicted molar refractivity (Wildman–Crippen MR) is 115 cm³/mol. The van der Waals surface area contributed by atoms with Crippen LogP contribution in [0.15, 0.2) is 54.6 Å². The van der Waals surface area contributed by atoms with Gasteiger partial charge in [0.2, 0.25) is 5.91 Å². The molecule has 0 radical (unpaired) electrons. The largest absolute Gasteiger partial charge is 0.339 e. The number of hydrogen-bond acceptors (Lipinski definition) is 3. The van der Waals surface area contributed by atoms with Crippen molar-refractivity contribution in [1.82, 2.24) is 9.80 Å². The molecule has 2 aliphatic heterocycles. The van der Waals surface area contributed by atoms with Crippen molar-refractivity contribution in [2.45, 2.75) is 25.3 Å². The molecular weight excluding hydrogens is 386 g/mol. The monoisotopic (exact) mass is 411 g/mol. The van der Waals surface area contributed by atoms with E-state index in [1.807, 2.05) is 35.2 Å². The summed E-state index contributed by atoms with van der Waals surface area (Å²) in [6.45, 7) is 2.10. The van der Waals surface area contributed by atoms with Crippen molar-refractivity contribution in [2.75, 3.05) is 32.0 Å². The molecule has 4 rings (SSSR count). The Kier molecular flexibility index (Phi) is 5.61. The lowest BCUT2D eigenvalue weighted by Gasteiger charge is -2.34. The third-order valence-electron chi connectivity index (χ3n) is 6.42. The molecule has 2 aromatic carbocycles. The van der Waals surface area contributed by atoms with Crippen LogP contribution in [0, 0.1) is 5.41 Å². The normalized spacial score (nSPS) is 24.6. The number of likely N-dealkylation sites (tertiary alicyclic amines) is 2. The van der Waals surface area contributed by atoms with Gasteiger partial charge in [-0.15, -0.1) is 0 Å². The number of carbonyl (C=O) groups excluding carboxylic acids is 2. The van der Waals surface area contributed by atoms with Crippen molar-refractivity contribution in [3.63, 3.8) is 0 Å². The Bertz CT molecular complexity index is 904. The molecule has 29 heavy (non-hydrogen) atoms. The molecule has 2 atom stereocenters. The first-order chi connectivity index (χ1) is 14.0. The summed E-state index contributed by atoms with van der Waals surface area (Å²) < 4.78 is 0. The van der Waals surface area contributed by atoms with Gasteiger partial charge in [0.05, 0.1) is 5.41 Å². The summed E-state index contributed by atoms with van der Waals surface area (Å²) in [7, 11) is 2.08. The molecule has 5 nitrogen and oxygen atoms in total. The van der Waals surface area contributed by atoms with Crippen molar-refractivity contribution < 1.29 is 9.59 Å². The van der Waals surface area contributed by atoms with Gasteiger partial charge in [-0.05, 0) is 63.2 Å². The van der Waals surface area contributed by atoms with Crippen LogP contribution in [0.3, 0.4) is 0 Å². The Hall–Kier alpha value is -2.37. The lowest BCUT2D eigenvalue weighted by atomic mass is 9.75. The molecule has 0 bridgehead atoms. The van der Waals surface area contributed by atoms with Crippen molar-refractivity contribution in [1.29, 1.82) is 0 Å². The minimum Gasteiger partial charge on any atom is -0.339 e. The second-order valence-corrected chi connectivity index (χ2v) is 8.50. The van der Waals surface area contributed by atoms with Gasteiger partial charge in [-0.2, -0.15) is 0 Å². The first-order valence-electron chi connectivity index (χ1n) is 10.1. The van der Waals surface area contributed by atoms with E-state index in [1.165, 1.54) is 0 Å². The minimum atomic E-state index is -0.478. The van der Waals surface area contributed by atoms with Crippen LogP contribution in [0.4, 0.5) is 5.69 Å². The number of hydrogen-bond donors (Lipinski definition) is 1. The van der Waals surface area contributed by atoms with E-state index in [-0.39, 0.29) is 17.9 Å². The molecule has 0 aliphatic carbocycles. The zero-order valence-electron chi connectivity index (χ0n) is 16.6. The fourth-order valence-electron chi connectivity index (χ4n) is 4.80. The highest BCUT2D eigenvalue weighted by Crippen LogP contribution is 2.44. The molecule has 2 saturated heterocycles. The van der Waals surface area contributed by atoms with Crippen LogP contribution in [0.2, 0.25) is 5.02 Å². The Morgan fingerprint density at radius 2 is 1.79 bits per heavy atom. The van der Waals surface area contributed by atoms with Gasteiger partial charge in [-0.1, -0.05) is 35.9 Å². The molecule has 2 heterocycles. The average molecular weight is 412 g/mol. The SMILES string of the molecule is CN1CC[C@]2(C(=O)Nc3ccccc3)CCN(C(=O)c3cccc(Cl)c3)CC[C@H]12. The number of nitrogens with one attached hydrogen (secondary N) is 1. The highest BCUT2D eigenvalue weighted by Gasteiger charge is 2.52. The standard InChI is InChI=1S/C23H26ClN3O2/c1-26-14-11-23(22(29)25-19-8-3-2-4-9-19)12-15-27(13-10-20(23)26)21(28)17-6-5-7-18(24)16-17/h2-9,16,20H,10-15H2,1H3,(H,25,29)/t20-,23-/m0/s1. The van der Waals surface area contributed by atoms with Gasteiger partial charge in [-0.25, -0.2) is 0 Å². The minimum absolute atomic E-state index is 0.0197. The third kappa shape index (κ3) is 3.89. The first kappa shape index (κ1) is 19.9. The Morgan fingerprint density at radius 1 is 1.03 bits per heavy atom. The predicted octanol–water partition coefficient (Wildman–Crippen LogP) is 3.91. The number of para-hydroxylation sites is 1. The molecule has 1 N–H and O–H groups in total. The smallest absolute Gasteiger partial charge is 0.253 e. The average Bonchev–Trinajstić information content (AvgIpc) is 2.93. The maximum Gasteiger partial charge on any atom is 0.253 e. The van der Waals surface area contributed by atoms with Gasteiger partial charge in [-0.3, -0.25) is 9.59 Å². The summed E-state index contributed by atoms with van der Waals surface area (Å²) in [6, 6.07) is 16.8. The fourth-order valence-corrected chi connectivity index (χ4v) is 4.99. The number of halogens is 1. The van der Waals surface area contributed by atoms with E-state index in [4.69, 9.17) is 11.6 Å². The molecule has 152 valence electrons. The van der Waals surface area contributed by atoms with Crippen LogP contribution in [0.5, 0.6) is 0 Å². The summed E-state index contributed by atoms with van der Waals surface area (Å²) in [4.78, 5) is 30.6. The second-order valence-electron chi connectivity index (χ2n) is 8.06. The number of fused-ring (bicyclic) bond motifs is 1. The molecule has 2 aliphatic rings. The summed E-state index contributed by atoms with van der Waals surface area (Å²) in [5.41, 5.74) is 0.936. The van der Waals surface area contributed by atoms with E-state index in [9.17, 15) is 9.59 Å². The number of benzene rings is 2. The fraction of sp³-hybridized carbons (Fsp3) is 0.391. The first-order valence-corrected chi connectivity index (χ1v) is 10.5. The number of anilines is 1. The van der Waals surface area contributed by atoms with Crippen LogP contribution in [-0.2, 0) is 4.79 Å². The summed E-state index contributed by atoms with van der Waals surface area (Å²) in [5, 5.41) is 3.68. The molecule has 0 aromatic heterocycles. The van der Waals surface area contributed by atoms with Gasteiger partial charge >= 0.3 is 0 Å². The van der Waals surface area contributed by atoms with Crippen molar-refractivity contribution in [2.24, 2.45) is 5.41 Å². The number of rotatable bonds is 3. The lowest BCUT2D eigenvalue weighted by molar-refractivity contribution is -0.127. The number of nitrogens with zero attached hydrogens (tertiary/aromatic N) is 2. The number of amides is 2. The topological polar surface area (TPSA) is 52.7 Å². The lowest BCUT2D eigenvalue weighted by Crippen LogP contribution is -2.46. The van der Waals surface area contributed by atoms with E-state index in [1.54, 1.807) is 24.3 Å². The van der Waals surface area contributed by atoms with E-state index >= 15 is 0 Å². The molecule has 2 aromatic rings. The Balaban J connectivity index is 1.55. The van der Waals surface area contributed by atoms with Crippen molar-refractivity contribution >= 4 is 29.1 Å². The van der Waals surface area contributed by atoms with Crippen LogP contribution in [0.1, 0.15) is 29.6 Å². The van der Waals surface area contributed by atoms with Crippen LogP contribution >= 0.6 is 11.6 Å². The maximum absolute atomic E-state index is 13.4. The van der Waals surface area contributed by atoms with Crippen molar-refractivity contribution in [3.8, 4) is 0 Å². The van der Waals surface area contributed by atoms with Gasteiger partial charge in [0.1, 0.15) is 0 Å². The third-order valence-corrected chi connectivity index (χ3v) is 6.66. The van der Waals surface area contributed by atoms with Gasteiger partial charge in [0.25, 0.3) is 5.91 Å². The molecule has 0 spiro atoms. The van der Waals surface area contributed by atoms with Crippen LogP contribution in [0.25, 0.3) is 0 Å². The molecule has 2 amide bonds. The quantitative estimate of drug-likeness (QED) is 0.833. The van der Waals surface area contributed by atoms with Crippen molar-refractivity contribution in [3.05, 3.63) is 65.2 Å². The van der Waals surface area contributed by atoms with E-state index in [2.05, 4.69) is 17.3 Å². The van der Waals surface area contributed by atoms with Crippen LogP contribution in [-0.4, -0.2) is 54.3 Å². The van der Waals surface area contributed by atoms with Gasteiger partial charge in [0, 0.05) is 35.4 Å². The zero-order valence-corrected chi connectivity index (χ0v) is 17.4. The number of carbonyl (C=O) groups is 2. The van der Waals surface area contributed by atoms with Crippen LogP contribution < -0.4 is 5.32 Å². The highest BCUT2D eigenvalue weighted by atomic mass is 35.5. The summed E-state index contributed by atoms with van der Waals surface area (Å²) in [6.07, 6.45) is 2.25. The molecule has 0 unspecified atom stereocenters. The molecule has 2 fully saturated rings. The zero-order chi connectivity index (χ0) is 20.4. The second kappa shape index (κ2) is 8.17. The molecule has 0 saturated carbocycles. The molecular formula is C23H26ClN3O2. The van der Waals surface area contributed by atoms with E-state index < -0.39 is 5.41 Å². The highest BCUT2D eigenvalue weighted by molar-refractivity contribution is 6.30. The van der Waals surface area contributed by atoms with Gasteiger partial charge in [0.15, 0.2) is 0 Å². The summed E-state index contributed by atoms with van der Waals surface area (Å²) in [5.74, 6) is 0.0452. The van der Waals surface area contributed by atoms with Gasteiger partial charge < -0.3 is 15.1 Å². The van der Waals surface area contributed by atoms with E-state index in [0.717, 1.165) is 25.1 Å². The Labute approximate surface area is 176 Å². The molecule has 6 heteroatoms. The Morgan fingerprint density at radius 3 is 2.55 bits per heavy atom. The summed E-state index contributed by atoms with van der Waals surface area (Å²) >= 11 is 6.07. The maximum atomic E-state index is 13.4.